The average molecular weight is 248 g/mol. The zero-order valence-corrected chi connectivity index (χ0v) is 10.6. The fourth-order valence-electron chi connectivity index (χ4n) is 1.71. The van der Waals surface area contributed by atoms with Gasteiger partial charge in [-0.2, -0.15) is 0 Å². The summed E-state index contributed by atoms with van der Waals surface area (Å²) in [6.07, 6.45) is 1.41. The van der Waals surface area contributed by atoms with E-state index >= 15 is 0 Å². The second-order valence-corrected chi connectivity index (χ2v) is 5.25. The summed E-state index contributed by atoms with van der Waals surface area (Å²) in [5, 5.41) is 23.3. The molecule has 0 saturated heterocycles. The summed E-state index contributed by atoms with van der Waals surface area (Å²) in [5.74, 6) is -0.299. The number of benzene rings is 1. The third kappa shape index (κ3) is 1.99. The van der Waals surface area contributed by atoms with E-state index in [-0.39, 0.29) is 22.8 Å². The number of anilines is 1. The number of aromatic nitrogens is 1. The molecule has 0 bridgehead atoms. The van der Waals surface area contributed by atoms with Gasteiger partial charge in [-0.3, -0.25) is 0 Å². The van der Waals surface area contributed by atoms with Crippen molar-refractivity contribution in [3.8, 4) is 22.6 Å². The molecule has 5 heteroatoms. The van der Waals surface area contributed by atoms with Crippen molar-refractivity contribution in [3.05, 3.63) is 23.9 Å². The van der Waals surface area contributed by atoms with E-state index in [4.69, 9.17) is 10.3 Å². The van der Waals surface area contributed by atoms with Crippen LogP contribution in [0.2, 0.25) is 0 Å². The minimum atomic E-state index is -0.224. The van der Waals surface area contributed by atoms with Gasteiger partial charge >= 0.3 is 0 Å². The summed E-state index contributed by atoms with van der Waals surface area (Å²) in [4.78, 5) is 0. The van der Waals surface area contributed by atoms with Crippen molar-refractivity contribution in [1.82, 2.24) is 5.16 Å². The second-order valence-electron chi connectivity index (χ2n) is 5.25. The molecule has 2 rings (SSSR count). The monoisotopic (exact) mass is 248 g/mol. The van der Waals surface area contributed by atoms with Gasteiger partial charge in [-0.15, -0.1) is 0 Å². The maximum Gasteiger partial charge on any atom is 0.230 e. The molecule has 96 valence electrons. The molecule has 0 aliphatic heterocycles. The van der Waals surface area contributed by atoms with Crippen molar-refractivity contribution in [2.24, 2.45) is 0 Å². The summed E-state index contributed by atoms with van der Waals surface area (Å²) < 4.78 is 4.77. The molecular formula is C13H16N2O3. The van der Waals surface area contributed by atoms with Crippen LogP contribution in [0.4, 0.5) is 5.88 Å². The van der Waals surface area contributed by atoms with Gasteiger partial charge in [-0.25, -0.2) is 0 Å². The van der Waals surface area contributed by atoms with E-state index in [1.165, 1.54) is 6.20 Å². The van der Waals surface area contributed by atoms with Gasteiger partial charge in [0.25, 0.3) is 0 Å². The number of hydrogen-bond donors (Lipinski definition) is 3. The van der Waals surface area contributed by atoms with Crippen LogP contribution in [0.3, 0.4) is 0 Å². The van der Waals surface area contributed by atoms with Gasteiger partial charge in [0.15, 0.2) is 11.5 Å². The number of phenolic OH excluding ortho intramolecular Hbond substituents is 2. The van der Waals surface area contributed by atoms with Crippen molar-refractivity contribution in [3.63, 3.8) is 0 Å². The largest absolute Gasteiger partial charge is 0.504 e. The molecule has 0 spiro atoms. The standard InChI is InChI=1S/C13H16N2O3/c1-13(2,3)7-4-8(11(17)10(16)5-7)9-6-15-18-12(9)14/h4-6,16-17H,14H2,1-3H3. The smallest absolute Gasteiger partial charge is 0.230 e. The number of aromatic hydroxyl groups is 2. The second kappa shape index (κ2) is 3.94. The van der Waals surface area contributed by atoms with Crippen LogP contribution in [0.25, 0.3) is 11.1 Å². The maximum atomic E-state index is 9.91. The van der Waals surface area contributed by atoms with Crippen LogP contribution < -0.4 is 5.73 Å². The van der Waals surface area contributed by atoms with Crippen LogP contribution in [0.15, 0.2) is 22.9 Å². The molecule has 0 aliphatic rings. The van der Waals surface area contributed by atoms with E-state index in [1.807, 2.05) is 20.8 Å². The van der Waals surface area contributed by atoms with Crippen molar-refractivity contribution in [2.75, 3.05) is 5.73 Å². The number of nitrogen functional groups attached to an aromatic ring is 1. The topological polar surface area (TPSA) is 92.5 Å². The number of rotatable bonds is 1. The van der Waals surface area contributed by atoms with Crippen LogP contribution in [-0.2, 0) is 5.41 Å². The van der Waals surface area contributed by atoms with Crippen molar-refractivity contribution in [1.29, 1.82) is 0 Å². The van der Waals surface area contributed by atoms with Crippen LogP contribution in [0.1, 0.15) is 26.3 Å². The Morgan fingerprint density at radius 1 is 1.17 bits per heavy atom. The van der Waals surface area contributed by atoms with E-state index in [0.717, 1.165) is 5.56 Å². The Labute approximate surface area is 105 Å². The van der Waals surface area contributed by atoms with E-state index in [2.05, 4.69) is 5.16 Å². The highest BCUT2D eigenvalue weighted by atomic mass is 16.5. The molecule has 4 N–H and O–H groups in total. The number of nitrogens with two attached hydrogens (primary N) is 1. The zero-order valence-electron chi connectivity index (χ0n) is 10.6. The van der Waals surface area contributed by atoms with Gasteiger partial charge in [0.2, 0.25) is 5.88 Å². The molecule has 1 heterocycles. The fourth-order valence-corrected chi connectivity index (χ4v) is 1.71. The number of hydrogen-bond acceptors (Lipinski definition) is 5. The van der Waals surface area contributed by atoms with Gasteiger partial charge in [-0.05, 0) is 23.1 Å². The van der Waals surface area contributed by atoms with E-state index in [0.29, 0.717) is 11.1 Å². The molecular weight excluding hydrogens is 232 g/mol. The SMILES string of the molecule is CC(C)(C)c1cc(O)c(O)c(-c2cnoc2N)c1. The molecule has 5 nitrogen and oxygen atoms in total. The molecule has 0 radical (unpaired) electrons. The highest BCUT2D eigenvalue weighted by molar-refractivity contribution is 5.79. The zero-order chi connectivity index (χ0) is 13.5. The minimum Gasteiger partial charge on any atom is -0.504 e. The van der Waals surface area contributed by atoms with Gasteiger partial charge in [-0.1, -0.05) is 25.9 Å². The Balaban J connectivity index is 2.68. The highest BCUT2D eigenvalue weighted by Gasteiger charge is 2.21. The molecule has 0 amide bonds. The van der Waals surface area contributed by atoms with Crippen molar-refractivity contribution < 1.29 is 14.7 Å². The molecule has 0 atom stereocenters. The van der Waals surface area contributed by atoms with Gasteiger partial charge in [0.1, 0.15) is 0 Å². The minimum absolute atomic E-state index is 0.107. The quantitative estimate of drug-likeness (QED) is 0.674. The van der Waals surface area contributed by atoms with Crippen molar-refractivity contribution >= 4 is 5.88 Å². The van der Waals surface area contributed by atoms with E-state index < -0.39 is 0 Å². The molecule has 0 aliphatic carbocycles. The Kier molecular flexibility index (Phi) is 2.69. The fraction of sp³-hybridized carbons (Fsp3) is 0.308. The highest BCUT2D eigenvalue weighted by Crippen LogP contribution is 2.42. The molecule has 1 aromatic carbocycles. The molecule has 2 aromatic rings. The van der Waals surface area contributed by atoms with E-state index in [1.54, 1.807) is 12.1 Å². The summed E-state index contributed by atoms with van der Waals surface area (Å²) in [5.41, 5.74) is 7.23. The summed E-state index contributed by atoms with van der Waals surface area (Å²) in [6, 6.07) is 3.32. The first kappa shape index (κ1) is 12.3. The molecule has 0 saturated carbocycles. The molecule has 0 fully saturated rings. The predicted molar refractivity (Wildman–Crippen MR) is 68.4 cm³/mol. The summed E-state index contributed by atoms with van der Waals surface area (Å²) in [6.45, 7) is 6.04. The molecule has 18 heavy (non-hydrogen) atoms. The normalized spacial score (nSPS) is 11.7. The van der Waals surface area contributed by atoms with Crippen LogP contribution in [0.5, 0.6) is 11.5 Å². The lowest BCUT2D eigenvalue weighted by molar-refractivity contribution is 0.403. The van der Waals surface area contributed by atoms with Gasteiger partial charge < -0.3 is 20.5 Å². The number of phenols is 2. The lowest BCUT2D eigenvalue weighted by Crippen LogP contribution is -2.11. The van der Waals surface area contributed by atoms with Crippen LogP contribution in [0, 0.1) is 0 Å². The van der Waals surface area contributed by atoms with Crippen LogP contribution in [-0.4, -0.2) is 15.4 Å². The summed E-state index contributed by atoms with van der Waals surface area (Å²) in [7, 11) is 0. The number of nitrogens with zero attached hydrogens (tertiary/aromatic N) is 1. The van der Waals surface area contributed by atoms with Crippen LogP contribution >= 0.6 is 0 Å². The van der Waals surface area contributed by atoms with E-state index in [9.17, 15) is 10.2 Å². The lowest BCUT2D eigenvalue weighted by Gasteiger charge is -2.20. The Morgan fingerprint density at radius 3 is 2.33 bits per heavy atom. The lowest BCUT2D eigenvalue weighted by atomic mass is 9.85. The molecule has 0 unspecified atom stereocenters. The van der Waals surface area contributed by atoms with Crippen molar-refractivity contribution in [2.45, 2.75) is 26.2 Å². The Bertz CT molecular complexity index is 582. The average Bonchev–Trinajstić information content (AvgIpc) is 2.67. The third-order valence-electron chi connectivity index (χ3n) is 2.84. The first-order valence-corrected chi connectivity index (χ1v) is 5.57. The van der Waals surface area contributed by atoms with Gasteiger partial charge in [0, 0.05) is 5.56 Å². The first-order chi connectivity index (χ1) is 8.30. The summed E-state index contributed by atoms with van der Waals surface area (Å²) >= 11 is 0. The molecule has 1 aromatic heterocycles. The predicted octanol–water partition coefficient (Wildman–Crippen LogP) is 2.63. The third-order valence-corrected chi connectivity index (χ3v) is 2.84. The Morgan fingerprint density at radius 2 is 1.83 bits per heavy atom. The van der Waals surface area contributed by atoms with Gasteiger partial charge in [0.05, 0.1) is 11.8 Å². The Hall–Kier alpha value is -2.17. The first-order valence-electron chi connectivity index (χ1n) is 5.57. The maximum absolute atomic E-state index is 9.91.